The number of fused-ring (bicyclic) bond motifs is 1. The first-order chi connectivity index (χ1) is 10.6. The Morgan fingerprint density at radius 2 is 2.14 bits per heavy atom. The highest BCUT2D eigenvalue weighted by atomic mass is 16.3. The Bertz CT molecular complexity index is 676. The van der Waals surface area contributed by atoms with Gasteiger partial charge in [0.2, 0.25) is 5.91 Å². The Morgan fingerprint density at radius 1 is 1.36 bits per heavy atom. The van der Waals surface area contributed by atoms with Crippen LogP contribution in [0.1, 0.15) is 32.3 Å². The van der Waals surface area contributed by atoms with Crippen LogP contribution in [0.15, 0.2) is 42.6 Å². The standard InChI is InChI=1S/C18H22N2O2/c1-3-18(2,11-13-21)20-17(22)9-8-14-10-12-19-16-7-5-4-6-15(14)16/h4-10,12,21H,3,11,13H2,1-2H3,(H,20,22)/b9-8+. The van der Waals surface area contributed by atoms with Crippen LogP contribution in [0.3, 0.4) is 0 Å². The maximum absolute atomic E-state index is 12.1. The average Bonchev–Trinajstić information content (AvgIpc) is 2.53. The van der Waals surface area contributed by atoms with E-state index in [-0.39, 0.29) is 18.1 Å². The maximum Gasteiger partial charge on any atom is 0.244 e. The van der Waals surface area contributed by atoms with Gasteiger partial charge in [-0.05, 0) is 43.5 Å². The van der Waals surface area contributed by atoms with Gasteiger partial charge in [-0.1, -0.05) is 25.1 Å². The Labute approximate surface area is 130 Å². The molecule has 0 saturated carbocycles. The molecule has 116 valence electrons. The molecule has 22 heavy (non-hydrogen) atoms. The molecule has 0 bridgehead atoms. The molecular formula is C18H22N2O2. The van der Waals surface area contributed by atoms with Crippen molar-refractivity contribution in [1.82, 2.24) is 10.3 Å². The third-order valence-electron chi connectivity index (χ3n) is 3.97. The van der Waals surface area contributed by atoms with E-state index in [4.69, 9.17) is 5.11 Å². The average molecular weight is 298 g/mol. The molecule has 1 atom stereocenters. The van der Waals surface area contributed by atoms with Gasteiger partial charge in [0, 0.05) is 29.8 Å². The fraction of sp³-hybridized carbons (Fsp3) is 0.333. The zero-order valence-electron chi connectivity index (χ0n) is 13.0. The molecule has 1 aromatic heterocycles. The number of benzene rings is 1. The third kappa shape index (κ3) is 3.92. The van der Waals surface area contributed by atoms with E-state index in [9.17, 15) is 4.79 Å². The Kier molecular flexibility index (Phi) is 5.28. The van der Waals surface area contributed by atoms with Crippen molar-refractivity contribution in [3.8, 4) is 0 Å². The lowest BCUT2D eigenvalue weighted by molar-refractivity contribution is -0.118. The van der Waals surface area contributed by atoms with Crippen LogP contribution in [-0.2, 0) is 4.79 Å². The van der Waals surface area contributed by atoms with Crippen LogP contribution < -0.4 is 5.32 Å². The van der Waals surface area contributed by atoms with E-state index in [2.05, 4.69) is 10.3 Å². The van der Waals surface area contributed by atoms with Crippen molar-refractivity contribution in [2.45, 2.75) is 32.2 Å². The van der Waals surface area contributed by atoms with Gasteiger partial charge in [0.25, 0.3) is 0 Å². The van der Waals surface area contributed by atoms with Crippen molar-refractivity contribution < 1.29 is 9.90 Å². The van der Waals surface area contributed by atoms with Crippen LogP contribution in [-0.4, -0.2) is 28.1 Å². The van der Waals surface area contributed by atoms with E-state index < -0.39 is 0 Å². The predicted molar refractivity (Wildman–Crippen MR) is 89.3 cm³/mol. The van der Waals surface area contributed by atoms with Crippen LogP contribution in [0.5, 0.6) is 0 Å². The number of para-hydroxylation sites is 1. The molecule has 2 N–H and O–H groups in total. The molecule has 4 heteroatoms. The molecule has 0 aliphatic rings. The number of nitrogens with zero attached hydrogens (tertiary/aromatic N) is 1. The minimum absolute atomic E-state index is 0.0589. The first-order valence-electron chi connectivity index (χ1n) is 7.53. The lowest BCUT2D eigenvalue weighted by Crippen LogP contribution is -2.45. The maximum atomic E-state index is 12.1. The number of hydrogen-bond donors (Lipinski definition) is 2. The van der Waals surface area contributed by atoms with Gasteiger partial charge in [-0.25, -0.2) is 0 Å². The highest BCUT2D eigenvalue weighted by Crippen LogP contribution is 2.18. The molecule has 0 fully saturated rings. The van der Waals surface area contributed by atoms with E-state index in [0.29, 0.717) is 6.42 Å². The number of aromatic nitrogens is 1. The monoisotopic (exact) mass is 298 g/mol. The molecule has 0 aliphatic heterocycles. The largest absolute Gasteiger partial charge is 0.396 e. The second-order valence-corrected chi connectivity index (χ2v) is 5.63. The van der Waals surface area contributed by atoms with Crippen molar-refractivity contribution in [2.24, 2.45) is 0 Å². The van der Waals surface area contributed by atoms with Gasteiger partial charge in [-0.2, -0.15) is 0 Å². The van der Waals surface area contributed by atoms with Crippen LogP contribution in [0, 0.1) is 0 Å². The van der Waals surface area contributed by atoms with Crippen LogP contribution in [0.25, 0.3) is 17.0 Å². The molecule has 1 amide bonds. The molecule has 2 rings (SSSR count). The summed E-state index contributed by atoms with van der Waals surface area (Å²) >= 11 is 0. The zero-order chi connectivity index (χ0) is 16.0. The second kappa shape index (κ2) is 7.18. The summed E-state index contributed by atoms with van der Waals surface area (Å²) < 4.78 is 0. The number of pyridine rings is 1. The van der Waals surface area contributed by atoms with E-state index in [1.807, 2.05) is 44.2 Å². The molecule has 1 aromatic carbocycles. The minimum Gasteiger partial charge on any atom is -0.396 e. The number of rotatable bonds is 6. The number of nitrogens with one attached hydrogen (secondary N) is 1. The van der Waals surface area contributed by atoms with Crippen LogP contribution in [0.2, 0.25) is 0 Å². The van der Waals surface area contributed by atoms with E-state index in [1.165, 1.54) is 6.08 Å². The summed E-state index contributed by atoms with van der Waals surface area (Å²) in [6, 6.07) is 9.72. The van der Waals surface area contributed by atoms with Crippen molar-refractivity contribution in [2.75, 3.05) is 6.61 Å². The fourth-order valence-electron chi connectivity index (χ4n) is 2.34. The number of aliphatic hydroxyl groups excluding tert-OH is 1. The summed E-state index contributed by atoms with van der Waals surface area (Å²) in [5.74, 6) is -0.154. The van der Waals surface area contributed by atoms with Crippen molar-refractivity contribution >= 4 is 22.9 Å². The number of carbonyl (C=O) groups is 1. The molecule has 1 unspecified atom stereocenters. The zero-order valence-corrected chi connectivity index (χ0v) is 13.0. The summed E-state index contributed by atoms with van der Waals surface area (Å²) in [4.78, 5) is 16.4. The summed E-state index contributed by atoms with van der Waals surface area (Å²) in [5.41, 5.74) is 1.49. The van der Waals surface area contributed by atoms with Gasteiger partial charge in [-0.3, -0.25) is 9.78 Å². The van der Waals surface area contributed by atoms with Gasteiger partial charge in [0.05, 0.1) is 5.52 Å². The van der Waals surface area contributed by atoms with Gasteiger partial charge < -0.3 is 10.4 Å². The van der Waals surface area contributed by atoms with Gasteiger partial charge in [0.15, 0.2) is 0 Å². The Balaban J connectivity index is 2.15. The molecule has 0 spiro atoms. The number of hydrogen-bond acceptors (Lipinski definition) is 3. The smallest absolute Gasteiger partial charge is 0.244 e. The topological polar surface area (TPSA) is 62.2 Å². The van der Waals surface area contributed by atoms with E-state index >= 15 is 0 Å². The number of amides is 1. The first-order valence-corrected chi connectivity index (χ1v) is 7.53. The van der Waals surface area contributed by atoms with Crippen molar-refractivity contribution in [3.05, 3.63) is 48.2 Å². The molecule has 0 aliphatic carbocycles. The minimum atomic E-state index is -0.378. The quantitative estimate of drug-likeness (QED) is 0.806. The Hall–Kier alpha value is -2.20. The predicted octanol–water partition coefficient (Wildman–Crippen LogP) is 2.92. The first kappa shape index (κ1) is 16.2. The summed E-state index contributed by atoms with van der Waals surface area (Å²) in [6.45, 7) is 4.00. The van der Waals surface area contributed by atoms with Gasteiger partial charge in [0.1, 0.15) is 0 Å². The molecule has 0 radical (unpaired) electrons. The number of aliphatic hydroxyl groups is 1. The van der Waals surface area contributed by atoms with Gasteiger partial charge >= 0.3 is 0 Å². The lowest BCUT2D eigenvalue weighted by Gasteiger charge is -2.28. The summed E-state index contributed by atoms with van der Waals surface area (Å²) in [6.07, 6.45) is 6.38. The number of carbonyl (C=O) groups excluding carboxylic acids is 1. The molecule has 0 saturated heterocycles. The van der Waals surface area contributed by atoms with Crippen molar-refractivity contribution in [1.29, 1.82) is 0 Å². The third-order valence-corrected chi connectivity index (χ3v) is 3.97. The molecular weight excluding hydrogens is 276 g/mol. The summed E-state index contributed by atoms with van der Waals surface area (Å²) in [5, 5.41) is 13.1. The highest BCUT2D eigenvalue weighted by molar-refractivity contribution is 5.95. The normalized spacial score (nSPS) is 14.1. The molecule has 4 nitrogen and oxygen atoms in total. The Morgan fingerprint density at radius 3 is 2.86 bits per heavy atom. The van der Waals surface area contributed by atoms with Crippen LogP contribution >= 0.6 is 0 Å². The highest BCUT2D eigenvalue weighted by Gasteiger charge is 2.22. The van der Waals surface area contributed by atoms with Crippen molar-refractivity contribution in [3.63, 3.8) is 0 Å². The molecule has 2 aromatic rings. The van der Waals surface area contributed by atoms with E-state index in [0.717, 1.165) is 22.9 Å². The summed E-state index contributed by atoms with van der Waals surface area (Å²) in [7, 11) is 0. The second-order valence-electron chi connectivity index (χ2n) is 5.63. The van der Waals surface area contributed by atoms with Gasteiger partial charge in [-0.15, -0.1) is 0 Å². The van der Waals surface area contributed by atoms with Crippen LogP contribution in [0.4, 0.5) is 0 Å². The SMILES string of the molecule is CCC(C)(CCO)NC(=O)/C=C/c1ccnc2ccccc12. The fourth-order valence-corrected chi connectivity index (χ4v) is 2.34. The van der Waals surface area contributed by atoms with E-state index in [1.54, 1.807) is 12.3 Å². The molecule has 1 heterocycles. The lowest BCUT2D eigenvalue weighted by atomic mass is 9.95.